The van der Waals surface area contributed by atoms with Crippen LogP contribution < -0.4 is 10.5 Å². The standard InChI is InChI=1S/C16H21N3O2/c1-20-15-4-2-3-12-5-6-13(18-16(12)15)10-19-7-8-21-14(9-17)11-19/h2-6,14H,7-11,17H2,1H3. The zero-order chi connectivity index (χ0) is 14.7. The predicted octanol–water partition coefficient (Wildman–Crippen LogP) is 1.40. The van der Waals surface area contributed by atoms with Crippen molar-refractivity contribution in [2.75, 3.05) is 33.4 Å². The highest BCUT2D eigenvalue weighted by atomic mass is 16.5. The van der Waals surface area contributed by atoms with Crippen LogP contribution in [0.15, 0.2) is 30.3 Å². The first-order chi connectivity index (χ1) is 10.3. The molecule has 3 rings (SSSR count). The van der Waals surface area contributed by atoms with Gasteiger partial charge in [0.1, 0.15) is 11.3 Å². The Balaban J connectivity index is 1.81. The minimum absolute atomic E-state index is 0.133. The highest BCUT2D eigenvalue weighted by Crippen LogP contribution is 2.24. The molecule has 1 fully saturated rings. The van der Waals surface area contributed by atoms with E-state index >= 15 is 0 Å². The summed E-state index contributed by atoms with van der Waals surface area (Å²) < 4.78 is 11.0. The number of hydrogen-bond donors (Lipinski definition) is 1. The molecule has 0 spiro atoms. The summed E-state index contributed by atoms with van der Waals surface area (Å²) in [5.41, 5.74) is 7.65. The molecule has 1 atom stereocenters. The van der Waals surface area contributed by atoms with Crippen molar-refractivity contribution in [1.82, 2.24) is 9.88 Å². The number of fused-ring (bicyclic) bond motifs is 1. The van der Waals surface area contributed by atoms with Crippen molar-refractivity contribution in [3.63, 3.8) is 0 Å². The van der Waals surface area contributed by atoms with Gasteiger partial charge in [-0.05, 0) is 12.1 Å². The Morgan fingerprint density at radius 1 is 1.38 bits per heavy atom. The van der Waals surface area contributed by atoms with Crippen LogP contribution in [-0.4, -0.2) is 49.3 Å². The van der Waals surface area contributed by atoms with E-state index in [4.69, 9.17) is 20.2 Å². The minimum atomic E-state index is 0.133. The molecular formula is C16H21N3O2. The summed E-state index contributed by atoms with van der Waals surface area (Å²) in [4.78, 5) is 7.09. The molecule has 5 heteroatoms. The lowest BCUT2D eigenvalue weighted by molar-refractivity contribution is -0.0263. The Bertz CT molecular complexity index is 617. The fraction of sp³-hybridized carbons (Fsp3) is 0.438. The van der Waals surface area contributed by atoms with Crippen molar-refractivity contribution in [1.29, 1.82) is 0 Å². The van der Waals surface area contributed by atoms with Gasteiger partial charge in [-0.25, -0.2) is 4.98 Å². The number of nitrogens with two attached hydrogens (primary N) is 1. The molecule has 2 aromatic rings. The van der Waals surface area contributed by atoms with Crippen LogP contribution >= 0.6 is 0 Å². The molecule has 0 radical (unpaired) electrons. The molecule has 1 aliphatic heterocycles. The van der Waals surface area contributed by atoms with Gasteiger partial charge in [0.25, 0.3) is 0 Å². The van der Waals surface area contributed by atoms with E-state index in [2.05, 4.69) is 17.0 Å². The van der Waals surface area contributed by atoms with Crippen LogP contribution in [0.3, 0.4) is 0 Å². The minimum Gasteiger partial charge on any atom is -0.494 e. The number of aromatic nitrogens is 1. The number of ether oxygens (including phenoxy) is 2. The summed E-state index contributed by atoms with van der Waals surface area (Å²) >= 11 is 0. The Hall–Kier alpha value is -1.69. The third kappa shape index (κ3) is 3.15. The predicted molar refractivity (Wildman–Crippen MR) is 82.4 cm³/mol. The lowest BCUT2D eigenvalue weighted by Gasteiger charge is -2.32. The van der Waals surface area contributed by atoms with Crippen molar-refractivity contribution in [2.45, 2.75) is 12.6 Å². The Kier molecular flexibility index (Phi) is 4.34. The summed E-state index contributed by atoms with van der Waals surface area (Å²) in [6.07, 6.45) is 0.133. The number of rotatable bonds is 4. The van der Waals surface area contributed by atoms with Crippen molar-refractivity contribution in [3.05, 3.63) is 36.0 Å². The molecule has 112 valence electrons. The van der Waals surface area contributed by atoms with E-state index < -0.39 is 0 Å². The topological polar surface area (TPSA) is 60.6 Å². The number of nitrogens with zero attached hydrogens (tertiary/aromatic N) is 2. The van der Waals surface area contributed by atoms with E-state index in [0.29, 0.717) is 6.54 Å². The molecule has 1 aromatic heterocycles. The van der Waals surface area contributed by atoms with E-state index in [1.807, 2.05) is 18.2 Å². The molecule has 2 N–H and O–H groups in total. The van der Waals surface area contributed by atoms with E-state index in [0.717, 1.165) is 48.6 Å². The van der Waals surface area contributed by atoms with Crippen LogP contribution in [-0.2, 0) is 11.3 Å². The van der Waals surface area contributed by atoms with Crippen LogP contribution in [0.25, 0.3) is 10.9 Å². The molecular weight excluding hydrogens is 266 g/mol. The van der Waals surface area contributed by atoms with Gasteiger partial charge in [0, 0.05) is 31.6 Å². The summed E-state index contributed by atoms with van der Waals surface area (Å²) in [5.74, 6) is 0.816. The quantitative estimate of drug-likeness (QED) is 0.921. The van der Waals surface area contributed by atoms with Gasteiger partial charge in [0.05, 0.1) is 25.5 Å². The van der Waals surface area contributed by atoms with Crippen molar-refractivity contribution >= 4 is 10.9 Å². The lowest BCUT2D eigenvalue weighted by atomic mass is 10.1. The number of benzene rings is 1. The fourth-order valence-electron chi connectivity index (χ4n) is 2.71. The molecule has 0 aliphatic carbocycles. The molecule has 0 amide bonds. The molecule has 5 nitrogen and oxygen atoms in total. The highest BCUT2D eigenvalue weighted by Gasteiger charge is 2.19. The van der Waals surface area contributed by atoms with Gasteiger partial charge >= 0.3 is 0 Å². The number of para-hydroxylation sites is 1. The first kappa shape index (κ1) is 14.3. The summed E-state index contributed by atoms with van der Waals surface area (Å²) in [6, 6.07) is 10.2. The molecule has 1 unspecified atom stereocenters. The second-order valence-electron chi connectivity index (χ2n) is 5.30. The third-order valence-corrected chi connectivity index (χ3v) is 3.83. The van der Waals surface area contributed by atoms with E-state index in [9.17, 15) is 0 Å². The van der Waals surface area contributed by atoms with Gasteiger partial charge in [-0.2, -0.15) is 0 Å². The Morgan fingerprint density at radius 2 is 2.29 bits per heavy atom. The normalized spacial score (nSPS) is 19.8. The van der Waals surface area contributed by atoms with Crippen LogP contribution in [0, 0.1) is 0 Å². The molecule has 1 aromatic carbocycles. The average Bonchev–Trinajstić information content (AvgIpc) is 2.54. The molecule has 0 saturated carbocycles. The van der Waals surface area contributed by atoms with E-state index in [1.165, 1.54) is 0 Å². The number of hydrogen-bond acceptors (Lipinski definition) is 5. The van der Waals surface area contributed by atoms with Gasteiger partial charge in [-0.3, -0.25) is 4.90 Å². The van der Waals surface area contributed by atoms with Crippen LogP contribution in [0.1, 0.15) is 5.69 Å². The second-order valence-corrected chi connectivity index (χ2v) is 5.30. The number of morpholine rings is 1. The molecule has 21 heavy (non-hydrogen) atoms. The zero-order valence-electron chi connectivity index (χ0n) is 12.3. The number of pyridine rings is 1. The van der Waals surface area contributed by atoms with E-state index in [1.54, 1.807) is 7.11 Å². The smallest absolute Gasteiger partial charge is 0.145 e. The maximum Gasteiger partial charge on any atom is 0.145 e. The van der Waals surface area contributed by atoms with Crippen molar-refractivity contribution in [3.8, 4) is 5.75 Å². The van der Waals surface area contributed by atoms with Crippen LogP contribution in [0.2, 0.25) is 0 Å². The Labute approximate surface area is 124 Å². The van der Waals surface area contributed by atoms with Crippen LogP contribution in [0.5, 0.6) is 5.75 Å². The van der Waals surface area contributed by atoms with Gasteiger partial charge in [-0.1, -0.05) is 18.2 Å². The monoisotopic (exact) mass is 287 g/mol. The lowest BCUT2D eigenvalue weighted by Crippen LogP contribution is -2.45. The van der Waals surface area contributed by atoms with Crippen molar-refractivity contribution in [2.24, 2.45) is 5.73 Å². The largest absolute Gasteiger partial charge is 0.494 e. The maximum absolute atomic E-state index is 5.69. The first-order valence-corrected chi connectivity index (χ1v) is 7.27. The molecule has 1 aliphatic rings. The summed E-state index contributed by atoms with van der Waals surface area (Å²) in [5, 5.41) is 1.10. The summed E-state index contributed by atoms with van der Waals surface area (Å²) in [7, 11) is 1.68. The van der Waals surface area contributed by atoms with Gasteiger partial charge in [-0.15, -0.1) is 0 Å². The average molecular weight is 287 g/mol. The van der Waals surface area contributed by atoms with Gasteiger partial charge in [0.2, 0.25) is 0 Å². The highest BCUT2D eigenvalue weighted by molar-refractivity contribution is 5.84. The van der Waals surface area contributed by atoms with Crippen molar-refractivity contribution < 1.29 is 9.47 Å². The molecule has 1 saturated heterocycles. The van der Waals surface area contributed by atoms with Gasteiger partial charge < -0.3 is 15.2 Å². The van der Waals surface area contributed by atoms with E-state index in [-0.39, 0.29) is 6.10 Å². The first-order valence-electron chi connectivity index (χ1n) is 7.27. The third-order valence-electron chi connectivity index (χ3n) is 3.83. The molecule has 2 heterocycles. The zero-order valence-corrected chi connectivity index (χ0v) is 12.3. The Morgan fingerprint density at radius 3 is 3.10 bits per heavy atom. The second kappa shape index (κ2) is 6.39. The van der Waals surface area contributed by atoms with Gasteiger partial charge in [0.15, 0.2) is 0 Å². The molecule has 0 bridgehead atoms. The van der Waals surface area contributed by atoms with Crippen LogP contribution in [0.4, 0.5) is 0 Å². The fourth-order valence-corrected chi connectivity index (χ4v) is 2.71. The summed E-state index contributed by atoms with van der Waals surface area (Å²) in [6.45, 7) is 3.90. The SMILES string of the molecule is COc1cccc2ccc(CN3CCOC(CN)C3)nc12. The number of methoxy groups -OCH3 is 1. The maximum atomic E-state index is 5.69.